The lowest BCUT2D eigenvalue weighted by atomic mass is 9.80. The van der Waals surface area contributed by atoms with Crippen molar-refractivity contribution in [1.29, 1.82) is 0 Å². The second-order valence-electron chi connectivity index (χ2n) is 16.0. The van der Waals surface area contributed by atoms with E-state index in [1.807, 2.05) is 71.1 Å². The summed E-state index contributed by atoms with van der Waals surface area (Å²) in [6, 6.07) is 48.6. The summed E-state index contributed by atoms with van der Waals surface area (Å²) in [6.45, 7) is -3.73. The fourth-order valence-corrected chi connectivity index (χ4v) is 12.4. The van der Waals surface area contributed by atoms with E-state index < -0.39 is 28.6 Å². The lowest BCUT2D eigenvalue weighted by molar-refractivity contribution is 0.488. The summed E-state index contributed by atoms with van der Waals surface area (Å²) >= 11 is 0. The summed E-state index contributed by atoms with van der Waals surface area (Å²) < 4.78 is 94.7. The van der Waals surface area contributed by atoms with E-state index in [-0.39, 0.29) is 45.0 Å². The Morgan fingerprint density at radius 1 is 0.508 bits per heavy atom. The van der Waals surface area contributed by atoms with Gasteiger partial charge in [0.2, 0.25) is 0 Å². The van der Waals surface area contributed by atoms with E-state index in [2.05, 4.69) is 72.7 Å². The number of ether oxygens (including phenoxy) is 1. The number of rotatable bonds is 2. The van der Waals surface area contributed by atoms with Gasteiger partial charge in [0.25, 0.3) is 0 Å². The number of para-hydroxylation sites is 2. The van der Waals surface area contributed by atoms with Gasteiger partial charge in [0.1, 0.15) is 19.6 Å². The van der Waals surface area contributed by atoms with E-state index in [1.54, 1.807) is 18.2 Å². The lowest BCUT2D eigenvalue weighted by Gasteiger charge is -2.35. The van der Waals surface area contributed by atoms with E-state index in [4.69, 9.17) is 21.5 Å². The van der Waals surface area contributed by atoms with Crippen LogP contribution in [0.25, 0.3) is 94.7 Å². The topological polar surface area (TPSA) is 39.7 Å². The first-order valence-electron chi connectivity index (χ1n) is 24.2. The van der Waals surface area contributed by atoms with Crippen LogP contribution >= 0.6 is 0 Å². The van der Waals surface area contributed by atoms with Crippen molar-refractivity contribution in [2.45, 2.75) is 33.6 Å². The Kier molecular flexibility index (Phi) is 5.44. The summed E-state index contributed by atoms with van der Waals surface area (Å²) in [7, 11) is -2.98. The largest absolute Gasteiger partial charge is 0.457 e. The normalized spacial score (nSPS) is 16.3. The van der Waals surface area contributed by atoms with Crippen LogP contribution in [0.1, 0.15) is 29.0 Å². The van der Waals surface area contributed by atoms with Gasteiger partial charge in [-0.2, -0.15) is 4.98 Å². The van der Waals surface area contributed by atoms with Crippen LogP contribution < -0.4 is 15.1 Å². The standard InChI is InChI=1S/C54H40N2O2Si/c1-31-23-27-48-53(50(31)34-24-25-41-39-18-9-8-16-37(39)35-14-6-7-15-36(35)38-17-10-11-19-40(38)43(41)29-34)57-47-28-33(3)42(30-49(47)59(48,4)5)51-32(2)22-26-46-52(51)58-54-55-44-20-12-13-21-45(44)56(46)54/h6-30H,1-5H3/i1D3,2D3,3D3. The third kappa shape index (κ3) is 4.79. The zero-order valence-electron chi connectivity index (χ0n) is 41.1. The number of fused-ring (bicyclic) bond motifs is 15. The molecule has 0 bridgehead atoms. The molecule has 5 heteroatoms. The molecule has 0 atom stereocenters. The van der Waals surface area contributed by atoms with E-state index in [9.17, 15) is 0 Å². The maximum Gasteiger partial charge on any atom is 0.307 e. The average molecular weight is 786 g/mol. The molecular weight excluding hydrogens is 737 g/mol. The molecule has 0 amide bonds. The van der Waals surface area contributed by atoms with Gasteiger partial charge >= 0.3 is 5.84 Å². The number of aryl methyl sites for hydroxylation is 3. The fraction of sp³-hybridized carbons (Fsp3) is 0.0926. The molecule has 8 aromatic carbocycles. The molecule has 0 fully saturated rings. The van der Waals surface area contributed by atoms with Crippen LogP contribution in [0.3, 0.4) is 0 Å². The molecule has 0 N–H and O–H groups in total. The highest BCUT2D eigenvalue weighted by Crippen LogP contribution is 2.50. The molecule has 0 radical (unpaired) electrons. The predicted octanol–water partition coefficient (Wildman–Crippen LogP) is 13.4. The molecule has 12 rings (SSSR count). The van der Waals surface area contributed by atoms with Crippen molar-refractivity contribution < 1.29 is 21.5 Å². The van der Waals surface area contributed by atoms with Crippen molar-refractivity contribution in [3.8, 4) is 78.3 Å². The number of imidazole rings is 1. The first-order valence-corrected chi connectivity index (χ1v) is 22.7. The SMILES string of the molecule is [2H]C([2H])([2H])c1cc2c(cc1-c1c(C([2H])([2H])[2H])ccc3c1oc1nc4ccccc4n13)[Si](C)(C)c1ccc(C([2H])([2H])[2H])c(-c3ccc4c(c3)-c3ccccc3-c3ccccc3-c3ccccc3-4)c1O2. The van der Waals surface area contributed by atoms with E-state index in [0.717, 1.165) is 60.4 Å². The number of oxazole rings is 1. The van der Waals surface area contributed by atoms with E-state index >= 15 is 0 Å². The van der Waals surface area contributed by atoms with Gasteiger partial charge in [0.15, 0.2) is 5.58 Å². The van der Waals surface area contributed by atoms with Crippen LogP contribution in [0.15, 0.2) is 156 Å². The van der Waals surface area contributed by atoms with Crippen LogP contribution in [0.5, 0.6) is 11.5 Å². The van der Waals surface area contributed by atoms with Crippen molar-refractivity contribution in [1.82, 2.24) is 9.38 Å². The van der Waals surface area contributed by atoms with Gasteiger partial charge in [-0.1, -0.05) is 134 Å². The molecule has 2 aromatic heterocycles. The molecule has 3 heterocycles. The minimum Gasteiger partial charge on any atom is -0.457 e. The molecule has 1 aliphatic carbocycles. The maximum absolute atomic E-state index is 8.94. The number of nitrogens with zero attached hydrogens (tertiary/aromatic N) is 2. The average Bonchev–Trinajstić information content (AvgIpc) is 3.86. The molecule has 282 valence electrons. The summed E-state index contributed by atoms with van der Waals surface area (Å²) in [5, 5.41) is 1.53. The van der Waals surface area contributed by atoms with Crippen LogP contribution in [0, 0.1) is 20.6 Å². The summed E-state index contributed by atoms with van der Waals surface area (Å²) in [5.74, 6) is 0.883. The second-order valence-corrected chi connectivity index (χ2v) is 20.4. The Labute approximate surface area is 356 Å². The maximum atomic E-state index is 8.94. The highest BCUT2D eigenvalue weighted by Gasteiger charge is 2.39. The van der Waals surface area contributed by atoms with Crippen LogP contribution in [0.4, 0.5) is 0 Å². The van der Waals surface area contributed by atoms with E-state index in [1.165, 1.54) is 12.1 Å². The smallest absolute Gasteiger partial charge is 0.307 e. The van der Waals surface area contributed by atoms with Gasteiger partial charge < -0.3 is 9.15 Å². The molecular formula is C54H40N2O2Si. The molecule has 0 saturated heterocycles. The van der Waals surface area contributed by atoms with E-state index in [0.29, 0.717) is 27.9 Å². The highest BCUT2D eigenvalue weighted by molar-refractivity contribution is 7.02. The Morgan fingerprint density at radius 3 is 1.78 bits per heavy atom. The van der Waals surface area contributed by atoms with Crippen LogP contribution in [-0.4, -0.2) is 17.5 Å². The van der Waals surface area contributed by atoms with Gasteiger partial charge in [-0.15, -0.1) is 0 Å². The van der Waals surface area contributed by atoms with Gasteiger partial charge in [-0.3, -0.25) is 4.40 Å². The first kappa shape index (κ1) is 26.1. The number of hydrogen-bond acceptors (Lipinski definition) is 3. The predicted molar refractivity (Wildman–Crippen MR) is 246 cm³/mol. The summed E-state index contributed by atoms with van der Waals surface area (Å²) in [4.78, 5) is 4.68. The fourth-order valence-electron chi connectivity index (χ4n) is 9.61. The number of aromatic nitrogens is 2. The lowest BCUT2D eigenvalue weighted by Crippen LogP contribution is -2.56. The van der Waals surface area contributed by atoms with Crippen molar-refractivity contribution in [2.24, 2.45) is 0 Å². The molecule has 1 aliphatic heterocycles. The number of benzene rings is 8. The van der Waals surface area contributed by atoms with Crippen molar-refractivity contribution in [2.75, 3.05) is 0 Å². The van der Waals surface area contributed by atoms with Gasteiger partial charge in [0, 0.05) is 23.5 Å². The second kappa shape index (κ2) is 12.3. The van der Waals surface area contributed by atoms with Crippen molar-refractivity contribution in [3.05, 3.63) is 168 Å². The zero-order chi connectivity index (χ0) is 47.2. The molecule has 59 heavy (non-hydrogen) atoms. The first-order chi connectivity index (χ1) is 32.4. The Morgan fingerprint density at radius 2 is 1.10 bits per heavy atom. The summed E-state index contributed by atoms with van der Waals surface area (Å²) in [6.07, 6.45) is 0. The van der Waals surface area contributed by atoms with Crippen LogP contribution in [0.2, 0.25) is 13.1 Å². The molecule has 0 saturated carbocycles. The molecule has 0 spiro atoms. The minimum atomic E-state index is -2.98. The highest BCUT2D eigenvalue weighted by atomic mass is 28.3. The zero-order valence-corrected chi connectivity index (χ0v) is 33.1. The molecule has 4 nitrogen and oxygen atoms in total. The van der Waals surface area contributed by atoms with Crippen LogP contribution in [-0.2, 0) is 0 Å². The number of hydrogen-bond donors (Lipinski definition) is 0. The van der Waals surface area contributed by atoms with Gasteiger partial charge in [0.05, 0.1) is 16.6 Å². The molecule has 2 aliphatic rings. The third-order valence-corrected chi connectivity index (χ3v) is 15.9. The minimum absolute atomic E-state index is 0.0652. The Hall–Kier alpha value is -6.95. The van der Waals surface area contributed by atoms with Gasteiger partial charge in [-0.05, 0) is 134 Å². The third-order valence-electron chi connectivity index (χ3n) is 12.5. The molecule has 0 unspecified atom stereocenters. The Balaban J connectivity index is 1.10. The quantitative estimate of drug-likeness (QED) is 0.164. The molecule has 10 aromatic rings. The van der Waals surface area contributed by atoms with Crippen molar-refractivity contribution >= 4 is 46.4 Å². The van der Waals surface area contributed by atoms with Crippen molar-refractivity contribution in [3.63, 3.8) is 0 Å². The summed E-state index contributed by atoms with van der Waals surface area (Å²) in [5.41, 5.74) is 11.8. The van der Waals surface area contributed by atoms with Gasteiger partial charge in [-0.25, -0.2) is 0 Å². The Bertz CT molecular complexity index is 3780. The monoisotopic (exact) mass is 785 g/mol.